The van der Waals surface area contributed by atoms with E-state index in [2.05, 4.69) is 15.2 Å². The second-order valence-electron chi connectivity index (χ2n) is 6.76. The first-order chi connectivity index (χ1) is 11.9. The number of nitrogens with zero attached hydrogens (tertiary/aromatic N) is 5. The highest BCUT2D eigenvalue weighted by molar-refractivity contribution is 5.79. The van der Waals surface area contributed by atoms with Crippen molar-refractivity contribution in [3.05, 3.63) is 35.5 Å². The third kappa shape index (κ3) is 4.08. The molecular formula is C17H25N5O3. The summed E-state index contributed by atoms with van der Waals surface area (Å²) in [5, 5.41) is 8.13. The number of likely N-dealkylation sites (N-methyl/N-ethyl adjacent to an activating group) is 1. The molecule has 0 aromatic carbocycles. The number of hydrogen-bond acceptors (Lipinski definition) is 6. The van der Waals surface area contributed by atoms with E-state index in [1.807, 2.05) is 39.2 Å². The first kappa shape index (κ1) is 17.6. The molecule has 1 amide bonds. The number of rotatable bonds is 5. The van der Waals surface area contributed by atoms with E-state index in [1.54, 1.807) is 16.9 Å². The highest BCUT2D eigenvalue weighted by Crippen LogP contribution is 2.30. The molecular weight excluding hydrogens is 322 g/mol. The molecule has 1 aliphatic heterocycles. The van der Waals surface area contributed by atoms with Crippen molar-refractivity contribution in [3.63, 3.8) is 0 Å². The summed E-state index contributed by atoms with van der Waals surface area (Å²) in [6.45, 7) is 3.65. The Bertz CT molecular complexity index is 723. The summed E-state index contributed by atoms with van der Waals surface area (Å²) in [4.78, 5) is 16.9. The van der Waals surface area contributed by atoms with E-state index < -0.39 is 0 Å². The van der Waals surface area contributed by atoms with Crippen LogP contribution in [0.5, 0.6) is 0 Å². The van der Waals surface area contributed by atoms with Gasteiger partial charge in [0.2, 0.25) is 5.91 Å². The van der Waals surface area contributed by atoms with Crippen LogP contribution in [0, 0.1) is 6.92 Å². The second kappa shape index (κ2) is 7.37. The summed E-state index contributed by atoms with van der Waals surface area (Å²) in [6, 6.07) is 1.63. The first-order valence-electron chi connectivity index (χ1n) is 8.40. The Morgan fingerprint density at radius 2 is 2.24 bits per heavy atom. The fourth-order valence-electron chi connectivity index (χ4n) is 3.26. The van der Waals surface area contributed by atoms with Crippen LogP contribution in [0.1, 0.15) is 23.1 Å². The van der Waals surface area contributed by atoms with Crippen molar-refractivity contribution >= 4 is 5.91 Å². The lowest BCUT2D eigenvalue weighted by Gasteiger charge is -2.41. The maximum Gasteiger partial charge on any atom is 0.230 e. The predicted molar refractivity (Wildman–Crippen MR) is 90.9 cm³/mol. The Morgan fingerprint density at radius 3 is 2.84 bits per heavy atom. The van der Waals surface area contributed by atoms with Gasteiger partial charge in [0.25, 0.3) is 0 Å². The van der Waals surface area contributed by atoms with Crippen molar-refractivity contribution in [3.8, 4) is 0 Å². The van der Waals surface area contributed by atoms with Gasteiger partial charge in [-0.2, -0.15) is 5.10 Å². The van der Waals surface area contributed by atoms with Gasteiger partial charge in [0.15, 0.2) is 0 Å². The van der Waals surface area contributed by atoms with Crippen LogP contribution >= 0.6 is 0 Å². The monoisotopic (exact) mass is 347 g/mol. The fourth-order valence-corrected chi connectivity index (χ4v) is 3.26. The third-order valence-corrected chi connectivity index (χ3v) is 4.29. The lowest BCUT2D eigenvalue weighted by molar-refractivity contribution is -0.147. The molecule has 0 bridgehead atoms. The van der Waals surface area contributed by atoms with Gasteiger partial charge in [-0.05, 0) is 21.0 Å². The molecule has 0 radical (unpaired) electrons. The molecule has 3 heterocycles. The zero-order valence-corrected chi connectivity index (χ0v) is 15.2. The van der Waals surface area contributed by atoms with E-state index in [4.69, 9.17) is 9.26 Å². The van der Waals surface area contributed by atoms with Crippen LogP contribution in [0.3, 0.4) is 0 Å². The van der Waals surface area contributed by atoms with E-state index in [0.29, 0.717) is 18.9 Å². The highest BCUT2D eigenvalue weighted by Gasteiger charge is 2.37. The Balaban J connectivity index is 1.84. The third-order valence-electron chi connectivity index (χ3n) is 4.29. The molecule has 3 rings (SSSR count). The van der Waals surface area contributed by atoms with Gasteiger partial charge < -0.3 is 19.1 Å². The van der Waals surface area contributed by atoms with Gasteiger partial charge >= 0.3 is 0 Å². The summed E-state index contributed by atoms with van der Waals surface area (Å²) in [5.41, 5.74) is 1.76. The molecule has 2 aromatic heterocycles. The lowest BCUT2D eigenvalue weighted by atomic mass is 10.00. The molecule has 1 saturated heterocycles. The van der Waals surface area contributed by atoms with Crippen LogP contribution < -0.4 is 0 Å². The van der Waals surface area contributed by atoms with Crippen molar-refractivity contribution < 1.29 is 14.1 Å². The smallest absolute Gasteiger partial charge is 0.230 e. The van der Waals surface area contributed by atoms with Crippen LogP contribution in [0.25, 0.3) is 0 Å². The molecule has 0 unspecified atom stereocenters. The van der Waals surface area contributed by atoms with Gasteiger partial charge in [-0.25, -0.2) is 0 Å². The first-order valence-corrected chi connectivity index (χ1v) is 8.40. The number of ether oxygens (including phenoxy) is 1. The van der Waals surface area contributed by atoms with Gasteiger partial charge in [-0.1, -0.05) is 5.16 Å². The molecule has 1 aliphatic rings. The zero-order chi connectivity index (χ0) is 18.0. The molecule has 0 spiro atoms. The van der Waals surface area contributed by atoms with Crippen molar-refractivity contribution in [2.24, 2.45) is 7.05 Å². The number of carbonyl (C=O) groups is 1. The summed E-state index contributed by atoms with van der Waals surface area (Å²) in [6.07, 6.45) is 3.85. The van der Waals surface area contributed by atoms with E-state index in [-0.39, 0.29) is 24.5 Å². The molecule has 2 atom stereocenters. The van der Waals surface area contributed by atoms with Crippen LogP contribution in [0.4, 0.5) is 0 Å². The number of carbonyl (C=O) groups excluding carboxylic acids is 1. The van der Waals surface area contributed by atoms with Crippen LogP contribution in [0.15, 0.2) is 23.0 Å². The maximum absolute atomic E-state index is 12.9. The average molecular weight is 347 g/mol. The molecule has 8 nitrogen and oxygen atoms in total. The largest absolute Gasteiger partial charge is 0.373 e. The molecule has 0 saturated carbocycles. The standard InChI is InChI=1S/C17H25N5O3/c1-12-7-14(25-19-12)8-16(23)22-5-6-24-15(11-20(2)3)17(22)13-9-18-21(4)10-13/h7,9-10,15,17H,5-6,8,11H2,1-4H3/t15-,17-/m0/s1. The van der Waals surface area contributed by atoms with E-state index in [0.717, 1.165) is 17.8 Å². The van der Waals surface area contributed by atoms with Crippen LogP contribution in [0.2, 0.25) is 0 Å². The summed E-state index contributed by atoms with van der Waals surface area (Å²) >= 11 is 0. The minimum atomic E-state index is -0.165. The SMILES string of the molecule is Cc1cc(CC(=O)N2CCO[C@@H](CN(C)C)[C@@H]2c2cnn(C)c2)on1. The zero-order valence-electron chi connectivity index (χ0n) is 15.2. The van der Waals surface area contributed by atoms with Crippen molar-refractivity contribution in [2.75, 3.05) is 33.8 Å². The van der Waals surface area contributed by atoms with E-state index in [1.165, 1.54) is 0 Å². The second-order valence-corrected chi connectivity index (χ2v) is 6.76. The van der Waals surface area contributed by atoms with E-state index >= 15 is 0 Å². The number of aryl methyl sites for hydroxylation is 2. The van der Waals surface area contributed by atoms with Gasteiger partial charge in [-0.15, -0.1) is 0 Å². The van der Waals surface area contributed by atoms with Gasteiger partial charge in [-0.3, -0.25) is 9.48 Å². The minimum absolute atomic E-state index is 0.0112. The molecule has 8 heteroatoms. The van der Waals surface area contributed by atoms with Crippen molar-refractivity contribution in [2.45, 2.75) is 25.5 Å². The Kier molecular flexibility index (Phi) is 5.19. The summed E-state index contributed by atoms with van der Waals surface area (Å²) < 4.78 is 12.9. The van der Waals surface area contributed by atoms with Crippen molar-refractivity contribution in [1.82, 2.24) is 24.7 Å². The van der Waals surface area contributed by atoms with Crippen LogP contribution in [-0.4, -0.2) is 70.5 Å². The Morgan fingerprint density at radius 1 is 1.44 bits per heavy atom. The number of amides is 1. The van der Waals surface area contributed by atoms with Gasteiger partial charge in [0.1, 0.15) is 5.76 Å². The number of hydrogen-bond donors (Lipinski definition) is 0. The summed E-state index contributed by atoms with van der Waals surface area (Å²) in [5.74, 6) is 0.597. The molecule has 0 aliphatic carbocycles. The predicted octanol–water partition coefficient (Wildman–Crippen LogP) is 0.789. The topological polar surface area (TPSA) is 76.6 Å². The van der Waals surface area contributed by atoms with E-state index in [9.17, 15) is 4.79 Å². The quantitative estimate of drug-likeness (QED) is 0.796. The molecule has 2 aromatic rings. The normalized spacial score (nSPS) is 21.1. The summed E-state index contributed by atoms with van der Waals surface area (Å²) in [7, 11) is 5.88. The Labute approximate surface area is 147 Å². The molecule has 136 valence electrons. The number of aromatic nitrogens is 3. The highest BCUT2D eigenvalue weighted by atomic mass is 16.5. The van der Waals surface area contributed by atoms with Crippen molar-refractivity contribution in [1.29, 1.82) is 0 Å². The molecule has 1 fully saturated rings. The Hall–Kier alpha value is -2.19. The van der Waals surface area contributed by atoms with Crippen LogP contribution in [-0.2, 0) is 23.0 Å². The molecule has 25 heavy (non-hydrogen) atoms. The molecule has 0 N–H and O–H groups in total. The van der Waals surface area contributed by atoms with Gasteiger partial charge in [0.05, 0.1) is 37.1 Å². The average Bonchev–Trinajstić information content (AvgIpc) is 3.15. The minimum Gasteiger partial charge on any atom is -0.373 e. The maximum atomic E-state index is 12.9. The fraction of sp³-hybridized carbons (Fsp3) is 0.588. The number of morpholine rings is 1. The van der Waals surface area contributed by atoms with Gasteiger partial charge in [0, 0.05) is 38.0 Å². The lowest BCUT2D eigenvalue weighted by Crippen LogP contribution is -2.51.